The maximum atomic E-state index is 6.64. The second kappa shape index (κ2) is 15.9. The normalized spacial score (nSPS) is 11.7. The molecular formula is C50H46N4. The highest BCUT2D eigenvalue weighted by Crippen LogP contribution is 2.37. The molecule has 0 saturated carbocycles. The van der Waals surface area contributed by atoms with Gasteiger partial charge in [0.15, 0.2) is 0 Å². The molecule has 4 N–H and O–H groups in total. The average Bonchev–Trinajstić information content (AvgIpc) is 3.19. The van der Waals surface area contributed by atoms with E-state index in [1.54, 1.807) is 0 Å². The summed E-state index contributed by atoms with van der Waals surface area (Å²) in [6.45, 7) is 8.44. The fourth-order valence-electron chi connectivity index (χ4n) is 6.49. The van der Waals surface area contributed by atoms with Crippen LogP contribution in [0.25, 0.3) is 23.5 Å². The molecular weight excluding hydrogens is 657 g/mol. The molecule has 0 bridgehead atoms. The number of hydrogen-bond acceptors (Lipinski definition) is 4. The number of nitrogens with zero attached hydrogens (tertiary/aromatic N) is 2. The SMILES string of the molecule is Cc1ccc(N(c2ccc(C)cc2)c2ccc(/C=C(\N)c3ccc(/C=C(\N)c4ccc(N(c5ccc(C)cc5)c5ccc(C)cc5)cc4)cc3)cc2)cc1. The minimum absolute atomic E-state index is 0.695. The molecule has 0 aliphatic heterocycles. The van der Waals surface area contributed by atoms with Crippen molar-refractivity contribution in [2.75, 3.05) is 9.80 Å². The molecule has 0 aliphatic rings. The van der Waals surface area contributed by atoms with Crippen LogP contribution in [0.1, 0.15) is 44.5 Å². The van der Waals surface area contributed by atoms with E-state index in [1.165, 1.54) is 22.3 Å². The predicted octanol–water partition coefficient (Wildman–Crippen LogP) is 12.8. The Hall–Kier alpha value is -6.78. The number of aryl methyl sites for hydroxylation is 4. The van der Waals surface area contributed by atoms with Gasteiger partial charge in [-0.3, -0.25) is 0 Å². The summed E-state index contributed by atoms with van der Waals surface area (Å²) in [5, 5.41) is 0. The van der Waals surface area contributed by atoms with Gasteiger partial charge >= 0.3 is 0 Å². The molecule has 7 rings (SSSR count). The van der Waals surface area contributed by atoms with Crippen molar-refractivity contribution in [3.8, 4) is 0 Å². The van der Waals surface area contributed by atoms with Crippen molar-refractivity contribution in [3.63, 3.8) is 0 Å². The minimum atomic E-state index is 0.695. The Kier molecular flexibility index (Phi) is 10.5. The van der Waals surface area contributed by atoms with Gasteiger partial charge in [0, 0.05) is 45.5 Å². The molecule has 0 heterocycles. The van der Waals surface area contributed by atoms with Crippen LogP contribution >= 0.6 is 0 Å². The number of rotatable bonds is 10. The molecule has 0 saturated heterocycles. The maximum Gasteiger partial charge on any atom is 0.0462 e. The highest BCUT2D eigenvalue weighted by Gasteiger charge is 2.14. The van der Waals surface area contributed by atoms with Crippen LogP contribution in [-0.2, 0) is 0 Å². The van der Waals surface area contributed by atoms with Gasteiger partial charge in [0.1, 0.15) is 0 Å². The first-order chi connectivity index (χ1) is 26.2. The van der Waals surface area contributed by atoms with Crippen LogP contribution in [0.3, 0.4) is 0 Å². The first kappa shape index (κ1) is 35.6. The summed E-state index contributed by atoms with van der Waals surface area (Å²) in [7, 11) is 0. The van der Waals surface area contributed by atoms with Crippen molar-refractivity contribution in [2.45, 2.75) is 27.7 Å². The van der Waals surface area contributed by atoms with Gasteiger partial charge in [-0.05, 0) is 135 Å². The number of anilines is 6. The monoisotopic (exact) mass is 702 g/mol. The summed E-state index contributed by atoms with van der Waals surface area (Å²) < 4.78 is 0. The molecule has 7 aromatic carbocycles. The van der Waals surface area contributed by atoms with Crippen molar-refractivity contribution in [1.29, 1.82) is 0 Å². The highest BCUT2D eigenvalue weighted by atomic mass is 15.1. The lowest BCUT2D eigenvalue weighted by Gasteiger charge is -2.26. The van der Waals surface area contributed by atoms with Gasteiger partial charge < -0.3 is 21.3 Å². The van der Waals surface area contributed by atoms with E-state index in [4.69, 9.17) is 11.5 Å². The minimum Gasteiger partial charge on any atom is -0.398 e. The lowest BCUT2D eigenvalue weighted by Crippen LogP contribution is -2.10. The standard InChI is InChI=1S/C50H46N4/c1-35-5-21-43(22-6-35)53(44-23-7-36(2)8-24-44)47-29-15-40(16-30-47)34-49(51)41-17-13-39(14-18-41)33-50(52)42-19-31-48(32-20-42)54(45-25-9-37(3)10-26-45)46-27-11-38(4)12-28-46/h5-34H,51-52H2,1-4H3/b49-34-,50-33-. The quantitative estimate of drug-likeness (QED) is 0.139. The molecule has 0 amide bonds. The van der Waals surface area contributed by atoms with Gasteiger partial charge in [-0.2, -0.15) is 0 Å². The van der Waals surface area contributed by atoms with Gasteiger partial charge in [-0.1, -0.05) is 119 Å². The van der Waals surface area contributed by atoms with E-state index in [1.807, 2.05) is 24.3 Å². The van der Waals surface area contributed by atoms with E-state index in [2.05, 4.69) is 195 Å². The Morgan fingerprint density at radius 2 is 0.519 bits per heavy atom. The largest absolute Gasteiger partial charge is 0.398 e. The molecule has 0 spiro atoms. The Balaban J connectivity index is 1.06. The second-order valence-corrected chi connectivity index (χ2v) is 14.0. The van der Waals surface area contributed by atoms with E-state index in [0.717, 1.165) is 56.4 Å². The maximum absolute atomic E-state index is 6.64. The zero-order valence-corrected chi connectivity index (χ0v) is 31.4. The van der Waals surface area contributed by atoms with Crippen LogP contribution in [0, 0.1) is 27.7 Å². The first-order valence-electron chi connectivity index (χ1n) is 18.3. The van der Waals surface area contributed by atoms with Crippen molar-refractivity contribution < 1.29 is 0 Å². The number of hydrogen-bond donors (Lipinski definition) is 2. The predicted molar refractivity (Wildman–Crippen MR) is 232 cm³/mol. The average molecular weight is 703 g/mol. The molecule has 7 aromatic rings. The van der Waals surface area contributed by atoms with Crippen molar-refractivity contribution in [1.82, 2.24) is 0 Å². The van der Waals surface area contributed by atoms with Crippen LogP contribution in [0.15, 0.2) is 170 Å². The molecule has 54 heavy (non-hydrogen) atoms. The molecule has 0 aliphatic carbocycles. The molecule has 0 radical (unpaired) electrons. The van der Waals surface area contributed by atoms with E-state index >= 15 is 0 Å². The first-order valence-corrected chi connectivity index (χ1v) is 18.3. The summed E-state index contributed by atoms with van der Waals surface area (Å²) >= 11 is 0. The van der Waals surface area contributed by atoms with Crippen molar-refractivity contribution in [2.24, 2.45) is 11.5 Å². The number of nitrogens with two attached hydrogens (primary N) is 2. The van der Waals surface area contributed by atoms with E-state index in [0.29, 0.717) is 11.4 Å². The highest BCUT2D eigenvalue weighted by molar-refractivity contribution is 5.84. The Morgan fingerprint density at radius 1 is 0.315 bits per heavy atom. The zero-order valence-electron chi connectivity index (χ0n) is 31.4. The molecule has 0 aromatic heterocycles. The zero-order chi connectivity index (χ0) is 37.6. The molecule has 4 nitrogen and oxygen atoms in total. The van der Waals surface area contributed by atoms with E-state index < -0.39 is 0 Å². The molecule has 0 fully saturated rings. The Bertz CT molecular complexity index is 2280. The van der Waals surface area contributed by atoms with Crippen molar-refractivity contribution >= 4 is 57.7 Å². The van der Waals surface area contributed by atoms with Gasteiger partial charge in [0.25, 0.3) is 0 Å². The van der Waals surface area contributed by atoms with Crippen LogP contribution in [-0.4, -0.2) is 0 Å². The fraction of sp³-hybridized carbons (Fsp3) is 0.0800. The Labute approximate surface area is 320 Å². The summed E-state index contributed by atoms with van der Waals surface area (Å²) in [6, 6.07) is 59.6. The van der Waals surface area contributed by atoms with Gasteiger partial charge in [0.2, 0.25) is 0 Å². The topological polar surface area (TPSA) is 58.5 Å². The van der Waals surface area contributed by atoms with Crippen LogP contribution < -0.4 is 21.3 Å². The lowest BCUT2D eigenvalue weighted by molar-refractivity contribution is 1.27. The number of benzene rings is 7. The third-order valence-corrected chi connectivity index (χ3v) is 9.67. The van der Waals surface area contributed by atoms with E-state index in [-0.39, 0.29) is 0 Å². The Morgan fingerprint density at radius 3 is 0.796 bits per heavy atom. The van der Waals surface area contributed by atoms with E-state index in [9.17, 15) is 0 Å². The lowest BCUT2D eigenvalue weighted by atomic mass is 10.0. The van der Waals surface area contributed by atoms with Crippen LogP contribution in [0.2, 0.25) is 0 Å². The fourth-order valence-corrected chi connectivity index (χ4v) is 6.49. The molecule has 0 unspecified atom stereocenters. The van der Waals surface area contributed by atoms with Crippen LogP contribution in [0.5, 0.6) is 0 Å². The smallest absolute Gasteiger partial charge is 0.0462 e. The van der Waals surface area contributed by atoms with Gasteiger partial charge in [0.05, 0.1) is 0 Å². The summed E-state index contributed by atoms with van der Waals surface area (Å²) in [5.74, 6) is 0. The summed E-state index contributed by atoms with van der Waals surface area (Å²) in [6.07, 6.45) is 4.02. The summed E-state index contributed by atoms with van der Waals surface area (Å²) in [5.41, 5.74) is 30.1. The van der Waals surface area contributed by atoms with Crippen LogP contribution in [0.4, 0.5) is 34.1 Å². The third-order valence-electron chi connectivity index (χ3n) is 9.67. The molecule has 0 atom stereocenters. The second-order valence-electron chi connectivity index (χ2n) is 14.0. The third kappa shape index (κ3) is 8.30. The van der Waals surface area contributed by atoms with Gasteiger partial charge in [-0.25, -0.2) is 0 Å². The molecule has 4 heteroatoms. The van der Waals surface area contributed by atoms with Crippen molar-refractivity contribution in [3.05, 3.63) is 214 Å². The van der Waals surface area contributed by atoms with Gasteiger partial charge in [-0.15, -0.1) is 0 Å². The summed E-state index contributed by atoms with van der Waals surface area (Å²) in [4.78, 5) is 4.53. The molecule has 266 valence electrons.